The van der Waals surface area contributed by atoms with Crippen molar-refractivity contribution >= 4 is 29.2 Å². The molecule has 0 saturated heterocycles. The second-order valence-electron chi connectivity index (χ2n) is 10.6. The molecule has 1 aromatic carbocycles. The van der Waals surface area contributed by atoms with Crippen LogP contribution in [0.15, 0.2) is 36.5 Å². The van der Waals surface area contributed by atoms with Gasteiger partial charge in [0.05, 0.1) is 0 Å². The second-order valence-corrected chi connectivity index (χ2v) is 10.6. The first-order chi connectivity index (χ1) is 17.5. The van der Waals surface area contributed by atoms with Crippen molar-refractivity contribution in [1.29, 1.82) is 0 Å². The quantitative estimate of drug-likeness (QED) is 0.358. The van der Waals surface area contributed by atoms with Crippen molar-refractivity contribution in [3.05, 3.63) is 64.7 Å². The fourth-order valence-corrected chi connectivity index (χ4v) is 4.47. The predicted molar refractivity (Wildman–Crippen MR) is 139 cm³/mol. The average molecular weight is 508 g/mol. The van der Waals surface area contributed by atoms with Gasteiger partial charge in [-0.05, 0) is 88.9 Å². The smallest absolute Gasteiger partial charge is 0.256 e. The number of hydrogen-bond donors (Lipinski definition) is 4. The Hall–Kier alpha value is -3.66. The van der Waals surface area contributed by atoms with Gasteiger partial charge in [0.15, 0.2) is 0 Å². The third-order valence-electron chi connectivity index (χ3n) is 6.60. The van der Waals surface area contributed by atoms with Crippen LogP contribution >= 0.6 is 0 Å². The Morgan fingerprint density at radius 2 is 1.92 bits per heavy atom. The normalized spacial score (nSPS) is 16.6. The molecular formula is C27H31F2N7O. The topological polar surface area (TPSA) is 104 Å². The summed E-state index contributed by atoms with van der Waals surface area (Å²) in [5, 5.41) is 12.6. The zero-order chi connectivity index (χ0) is 26.4. The molecule has 194 valence electrons. The molecule has 8 nitrogen and oxygen atoms in total. The summed E-state index contributed by atoms with van der Waals surface area (Å²) >= 11 is 0. The number of aromatic nitrogens is 3. The number of carbonyl (C=O) groups is 1. The van der Waals surface area contributed by atoms with Crippen LogP contribution in [0, 0.1) is 5.82 Å². The van der Waals surface area contributed by atoms with Gasteiger partial charge in [0, 0.05) is 23.5 Å². The number of benzene rings is 1. The minimum atomic E-state index is -1.98. The lowest BCUT2D eigenvalue weighted by Crippen LogP contribution is -2.42. The molecule has 0 unspecified atom stereocenters. The number of nitrogens with zero attached hydrogens (tertiary/aromatic N) is 3. The van der Waals surface area contributed by atoms with Crippen molar-refractivity contribution < 1.29 is 13.6 Å². The van der Waals surface area contributed by atoms with E-state index in [1.807, 2.05) is 6.07 Å². The monoisotopic (exact) mass is 507 g/mol. The van der Waals surface area contributed by atoms with Crippen LogP contribution in [-0.4, -0.2) is 33.4 Å². The van der Waals surface area contributed by atoms with Gasteiger partial charge >= 0.3 is 0 Å². The molecular weight excluding hydrogens is 476 g/mol. The third-order valence-corrected chi connectivity index (χ3v) is 6.60. The standard InChI is InChI=1S/C27H31F2N7O/c1-26(2,29)22-20(28)9-10-21(34-22)35-23-18(24(37)32-16-5-6-16)14-30-25(36-23)33-17-7-8-19-15(13-17)11-12-31-27(19,3)4/h7-10,13-14,16,31H,5-6,11-12H2,1-4H3,(H,32,37)(H2,30,33,34,35,36). The van der Waals surface area contributed by atoms with E-state index >= 15 is 0 Å². The molecule has 1 aliphatic carbocycles. The predicted octanol–water partition coefficient (Wildman–Crippen LogP) is 4.98. The Morgan fingerprint density at radius 3 is 2.65 bits per heavy atom. The summed E-state index contributed by atoms with van der Waals surface area (Å²) in [4.78, 5) is 25.9. The summed E-state index contributed by atoms with van der Waals surface area (Å²) < 4.78 is 28.7. The van der Waals surface area contributed by atoms with Crippen LogP contribution in [0.5, 0.6) is 0 Å². The number of carbonyl (C=O) groups excluding carboxylic acids is 1. The molecule has 1 aliphatic heterocycles. The lowest BCUT2D eigenvalue weighted by molar-refractivity contribution is 0.0951. The molecule has 0 bridgehead atoms. The maximum Gasteiger partial charge on any atom is 0.256 e. The van der Waals surface area contributed by atoms with Gasteiger partial charge in [0.1, 0.15) is 34.4 Å². The number of anilines is 4. The Morgan fingerprint density at radius 1 is 1.14 bits per heavy atom. The first kappa shape index (κ1) is 25.0. The Balaban J connectivity index is 1.46. The number of alkyl halides is 1. The van der Waals surface area contributed by atoms with Gasteiger partial charge < -0.3 is 21.3 Å². The highest BCUT2D eigenvalue weighted by atomic mass is 19.1. The van der Waals surface area contributed by atoms with E-state index in [0.29, 0.717) is 0 Å². The van der Waals surface area contributed by atoms with Gasteiger partial charge in [-0.2, -0.15) is 4.98 Å². The molecule has 2 aliphatic rings. The molecule has 0 atom stereocenters. The summed E-state index contributed by atoms with van der Waals surface area (Å²) in [6, 6.07) is 8.79. The van der Waals surface area contributed by atoms with Crippen molar-refractivity contribution in [2.75, 3.05) is 17.2 Å². The fourth-order valence-electron chi connectivity index (χ4n) is 4.47. The SMILES string of the molecule is CC(C)(F)c1nc(Nc2nc(Nc3ccc4c(c3)CCNC4(C)C)ncc2C(=O)NC2CC2)ccc1F. The molecule has 1 amide bonds. The lowest BCUT2D eigenvalue weighted by atomic mass is 9.85. The highest BCUT2D eigenvalue weighted by Crippen LogP contribution is 2.32. The fraction of sp³-hybridized carbons (Fsp3) is 0.407. The van der Waals surface area contributed by atoms with E-state index < -0.39 is 11.5 Å². The second kappa shape index (κ2) is 9.33. The van der Waals surface area contributed by atoms with E-state index in [-0.39, 0.29) is 46.3 Å². The van der Waals surface area contributed by atoms with Crippen LogP contribution in [0.1, 0.15) is 67.7 Å². The van der Waals surface area contributed by atoms with Crippen molar-refractivity contribution in [3.63, 3.8) is 0 Å². The molecule has 2 aromatic heterocycles. The van der Waals surface area contributed by atoms with E-state index in [1.54, 1.807) is 0 Å². The van der Waals surface area contributed by atoms with E-state index in [4.69, 9.17) is 0 Å². The molecule has 0 spiro atoms. The maximum atomic E-state index is 14.5. The van der Waals surface area contributed by atoms with E-state index in [1.165, 1.54) is 37.2 Å². The third kappa shape index (κ3) is 5.53. The van der Waals surface area contributed by atoms with Gasteiger partial charge in [0.2, 0.25) is 5.95 Å². The largest absolute Gasteiger partial charge is 0.349 e. The molecule has 10 heteroatoms. The number of pyridine rings is 1. The van der Waals surface area contributed by atoms with Crippen LogP contribution < -0.4 is 21.3 Å². The van der Waals surface area contributed by atoms with Crippen LogP contribution in [0.25, 0.3) is 0 Å². The molecule has 4 N–H and O–H groups in total. The van der Waals surface area contributed by atoms with Crippen LogP contribution in [0.3, 0.4) is 0 Å². The lowest BCUT2D eigenvalue weighted by Gasteiger charge is -2.34. The number of amides is 1. The molecule has 3 heterocycles. The van der Waals surface area contributed by atoms with Crippen molar-refractivity contribution in [1.82, 2.24) is 25.6 Å². The molecule has 0 radical (unpaired) electrons. The number of nitrogens with one attached hydrogen (secondary N) is 4. The highest BCUT2D eigenvalue weighted by molar-refractivity contribution is 5.99. The zero-order valence-electron chi connectivity index (χ0n) is 21.4. The summed E-state index contributed by atoms with van der Waals surface area (Å²) in [5.41, 5.74) is 1.09. The Labute approximate surface area is 214 Å². The van der Waals surface area contributed by atoms with E-state index in [0.717, 1.165) is 37.6 Å². The first-order valence-corrected chi connectivity index (χ1v) is 12.5. The number of halogens is 2. The number of fused-ring (bicyclic) bond motifs is 1. The molecule has 3 aromatic rings. The minimum absolute atomic E-state index is 0.106. The van der Waals surface area contributed by atoms with Crippen LogP contribution in [0.2, 0.25) is 0 Å². The maximum absolute atomic E-state index is 14.5. The van der Waals surface area contributed by atoms with Crippen LogP contribution in [0.4, 0.5) is 32.1 Å². The molecule has 5 rings (SSSR count). The van der Waals surface area contributed by atoms with E-state index in [9.17, 15) is 13.6 Å². The van der Waals surface area contributed by atoms with Gasteiger partial charge in [-0.25, -0.2) is 18.7 Å². The van der Waals surface area contributed by atoms with Gasteiger partial charge in [-0.3, -0.25) is 4.79 Å². The molecule has 37 heavy (non-hydrogen) atoms. The highest BCUT2D eigenvalue weighted by Gasteiger charge is 2.29. The first-order valence-electron chi connectivity index (χ1n) is 12.5. The Bertz CT molecular complexity index is 1350. The van der Waals surface area contributed by atoms with Gasteiger partial charge in [-0.1, -0.05) is 6.07 Å². The van der Waals surface area contributed by atoms with Gasteiger partial charge in [-0.15, -0.1) is 0 Å². The minimum Gasteiger partial charge on any atom is -0.349 e. The van der Waals surface area contributed by atoms with Crippen molar-refractivity contribution in [3.8, 4) is 0 Å². The molecule has 1 saturated carbocycles. The van der Waals surface area contributed by atoms with Crippen LogP contribution in [-0.2, 0) is 17.6 Å². The van der Waals surface area contributed by atoms with Crippen molar-refractivity contribution in [2.45, 2.75) is 64.2 Å². The van der Waals surface area contributed by atoms with Crippen molar-refractivity contribution in [2.24, 2.45) is 0 Å². The van der Waals surface area contributed by atoms with E-state index in [2.05, 4.69) is 62.2 Å². The average Bonchev–Trinajstić information content (AvgIpc) is 3.63. The zero-order valence-corrected chi connectivity index (χ0v) is 21.4. The van der Waals surface area contributed by atoms with Gasteiger partial charge in [0.25, 0.3) is 5.91 Å². The molecule has 1 fully saturated rings. The number of rotatable bonds is 7. The summed E-state index contributed by atoms with van der Waals surface area (Å²) in [5.74, 6) is -0.461. The number of hydrogen-bond acceptors (Lipinski definition) is 7. The summed E-state index contributed by atoms with van der Waals surface area (Å²) in [6.45, 7) is 7.67. The summed E-state index contributed by atoms with van der Waals surface area (Å²) in [6.07, 6.45) is 4.19. The Kier molecular flexibility index (Phi) is 6.31. The summed E-state index contributed by atoms with van der Waals surface area (Å²) in [7, 11) is 0.